The van der Waals surface area contributed by atoms with Gasteiger partial charge in [-0.25, -0.2) is 8.42 Å². The second-order valence-corrected chi connectivity index (χ2v) is 6.47. The van der Waals surface area contributed by atoms with E-state index >= 15 is 0 Å². The van der Waals surface area contributed by atoms with E-state index in [1.807, 2.05) is 0 Å². The van der Waals surface area contributed by atoms with Gasteiger partial charge in [0.1, 0.15) is 5.75 Å². The number of rotatable bonds is 5. The maximum absolute atomic E-state index is 12.3. The maximum atomic E-state index is 12.3. The predicted molar refractivity (Wildman–Crippen MR) is 78.6 cm³/mol. The molecule has 0 aromatic heterocycles. The maximum Gasteiger partial charge on any atom is 0.314 e. The summed E-state index contributed by atoms with van der Waals surface area (Å²) in [5.74, 6) is -1.14. The van der Waals surface area contributed by atoms with Crippen molar-refractivity contribution in [2.24, 2.45) is 0 Å². The number of hydrogen-bond donors (Lipinski definition) is 1. The van der Waals surface area contributed by atoms with Crippen molar-refractivity contribution >= 4 is 15.5 Å². The van der Waals surface area contributed by atoms with E-state index in [4.69, 9.17) is 4.74 Å². The zero-order valence-electron chi connectivity index (χ0n) is 11.6. The first-order chi connectivity index (χ1) is 10.3. The summed E-state index contributed by atoms with van der Waals surface area (Å²) >= 11 is 0. The van der Waals surface area contributed by atoms with Crippen LogP contribution in [0.1, 0.15) is 5.56 Å². The van der Waals surface area contributed by atoms with E-state index in [0.29, 0.717) is 0 Å². The molecule has 0 fully saturated rings. The fourth-order valence-corrected chi connectivity index (χ4v) is 3.30. The molecule has 0 amide bonds. The van der Waals surface area contributed by atoms with Crippen LogP contribution in [-0.2, 0) is 15.6 Å². The Labute approximate surface area is 126 Å². The van der Waals surface area contributed by atoms with Crippen molar-refractivity contribution in [1.29, 1.82) is 0 Å². The molecule has 0 aliphatic rings. The average molecular weight is 323 g/mol. The normalized spacial score (nSPS) is 11.1. The molecule has 1 N–H and O–H groups in total. The Morgan fingerprint density at radius 3 is 2.41 bits per heavy atom. The third kappa shape index (κ3) is 3.17. The minimum Gasteiger partial charge on any atom is -0.502 e. The molecule has 0 saturated heterocycles. The third-order valence-electron chi connectivity index (χ3n) is 3.02. The van der Waals surface area contributed by atoms with Crippen LogP contribution in [-0.4, -0.2) is 25.6 Å². The van der Waals surface area contributed by atoms with Crippen molar-refractivity contribution in [2.45, 2.75) is 10.6 Å². The van der Waals surface area contributed by atoms with Crippen molar-refractivity contribution in [3.63, 3.8) is 0 Å². The number of methoxy groups -OCH3 is 1. The lowest BCUT2D eigenvalue weighted by Crippen LogP contribution is -2.06. The van der Waals surface area contributed by atoms with Crippen LogP contribution in [0.25, 0.3) is 0 Å². The molecule has 0 atom stereocenters. The zero-order valence-corrected chi connectivity index (χ0v) is 12.4. The Morgan fingerprint density at radius 1 is 1.23 bits per heavy atom. The molecule has 0 spiro atoms. The van der Waals surface area contributed by atoms with E-state index in [9.17, 15) is 23.6 Å². The van der Waals surface area contributed by atoms with Gasteiger partial charge in [-0.05, 0) is 18.2 Å². The number of sulfone groups is 1. The van der Waals surface area contributed by atoms with Crippen LogP contribution >= 0.6 is 0 Å². The van der Waals surface area contributed by atoms with Crippen LogP contribution in [0.5, 0.6) is 11.5 Å². The molecule has 0 bridgehead atoms. The summed E-state index contributed by atoms with van der Waals surface area (Å²) in [6.07, 6.45) is 0. The lowest BCUT2D eigenvalue weighted by Gasteiger charge is -2.09. The van der Waals surface area contributed by atoms with Crippen LogP contribution < -0.4 is 4.74 Å². The number of nitro benzene ring substituents is 1. The van der Waals surface area contributed by atoms with Crippen LogP contribution in [0, 0.1) is 10.1 Å². The lowest BCUT2D eigenvalue weighted by molar-refractivity contribution is -0.386. The quantitative estimate of drug-likeness (QED) is 0.668. The van der Waals surface area contributed by atoms with Gasteiger partial charge < -0.3 is 9.84 Å². The van der Waals surface area contributed by atoms with Gasteiger partial charge in [-0.1, -0.05) is 18.2 Å². The second-order valence-electron chi connectivity index (χ2n) is 4.48. The molecule has 2 rings (SSSR count). The van der Waals surface area contributed by atoms with E-state index in [0.717, 1.165) is 6.07 Å². The number of aromatic hydroxyl groups is 1. The topological polar surface area (TPSA) is 107 Å². The molecule has 0 unspecified atom stereocenters. The minimum absolute atomic E-state index is 0.0693. The van der Waals surface area contributed by atoms with Gasteiger partial charge in [0, 0.05) is 5.56 Å². The first kappa shape index (κ1) is 15.8. The van der Waals surface area contributed by atoms with Gasteiger partial charge in [0.15, 0.2) is 15.6 Å². The van der Waals surface area contributed by atoms with Crippen LogP contribution in [0.4, 0.5) is 5.69 Å². The fourth-order valence-electron chi connectivity index (χ4n) is 1.93. The van der Waals surface area contributed by atoms with Crippen LogP contribution in [0.2, 0.25) is 0 Å². The molecule has 0 heterocycles. The molecular formula is C14H13NO6S. The van der Waals surface area contributed by atoms with Crippen molar-refractivity contribution in [1.82, 2.24) is 0 Å². The van der Waals surface area contributed by atoms with E-state index in [2.05, 4.69) is 0 Å². The van der Waals surface area contributed by atoms with Gasteiger partial charge in [0.25, 0.3) is 0 Å². The van der Waals surface area contributed by atoms with Crippen molar-refractivity contribution in [3.05, 3.63) is 58.1 Å². The Hall–Kier alpha value is -2.61. The molecular weight excluding hydrogens is 310 g/mol. The summed E-state index contributed by atoms with van der Waals surface area (Å²) in [7, 11) is -2.44. The third-order valence-corrected chi connectivity index (χ3v) is 4.70. The number of ether oxygens (including phenoxy) is 1. The largest absolute Gasteiger partial charge is 0.502 e. The van der Waals surface area contributed by atoms with E-state index < -0.39 is 32.0 Å². The van der Waals surface area contributed by atoms with Gasteiger partial charge >= 0.3 is 5.69 Å². The zero-order chi connectivity index (χ0) is 16.3. The van der Waals surface area contributed by atoms with Gasteiger partial charge in [-0.3, -0.25) is 10.1 Å². The van der Waals surface area contributed by atoms with E-state index in [1.165, 1.54) is 25.3 Å². The molecule has 0 aliphatic carbocycles. The Morgan fingerprint density at radius 2 is 1.86 bits per heavy atom. The predicted octanol–water partition coefficient (Wildman–Crippen LogP) is 2.28. The molecule has 0 aliphatic heterocycles. The minimum atomic E-state index is -3.74. The highest BCUT2D eigenvalue weighted by atomic mass is 32.2. The molecule has 8 heteroatoms. The van der Waals surface area contributed by atoms with Gasteiger partial charge in [-0.15, -0.1) is 0 Å². The number of phenolic OH excluding ortho intramolecular Hbond substituents is 1. The standard InChI is InChI=1S/C14H13NO6S/c1-21-11-7-10(14(16)13(8-11)15(17)18)9-22(19,20)12-5-3-2-4-6-12/h2-8,16H,9H2,1H3. The SMILES string of the molecule is COc1cc(CS(=O)(=O)c2ccccc2)c(O)c([N+](=O)[O-])c1. The van der Waals surface area contributed by atoms with Crippen molar-refractivity contribution in [3.8, 4) is 11.5 Å². The number of nitrogens with zero attached hydrogens (tertiary/aromatic N) is 1. The summed E-state index contributed by atoms with van der Waals surface area (Å²) < 4.78 is 29.5. The first-order valence-electron chi connectivity index (χ1n) is 6.17. The molecule has 7 nitrogen and oxygen atoms in total. The Balaban J connectivity index is 2.50. The van der Waals surface area contributed by atoms with Crippen LogP contribution in [0.15, 0.2) is 47.4 Å². The summed E-state index contributed by atoms with van der Waals surface area (Å²) in [5.41, 5.74) is -0.687. The smallest absolute Gasteiger partial charge is 0.314 e. The number of hydrogen-bond acceptors (Lipinski definition) is 6. The Bertz CT molecular complexity index is 802. The van der Waals surface area contributed by atoms with E-state index in [1.54, 1.807) is 18.2 Å². The highest BCUT2D eigenvalue weighted by Crippen LogP contribution is 2.36. The molecule has 22 heavy (non-hydrogen) atoms. The van der Waals surface area contributed by atoms with Gasteiger partial charge in [0.05, 0.1) is 28.7 Å². The van der Waals surface area contributed by atoms with Gasteiger partial charge in [0.2, 0.25) is 0 Å². The average Bonchev–Trinajstić information content (AvgIpc) is 2.49. The van der Waals surface area contributed by atoms with Gasteiger partial charge in [-0.2, -0.15) is 0 Å². The Kier molecular flexibility index (Phi) is 4.32. The molecule has 0 radical (unpaired) electrons. The summed E-state index contributed by atoms with van der Waals surface area (Å²) in [5, 5.41) is 20.8. The molecule has 2 aromatic rings. The molecule has 116 valence electrons. The highest BCUT2D eigenvalue weighted by molar-refractivity contribution is 7.90. The van der Waals surface area contributed by atoms with Crippen molar-refractivity contribution in [2.75, 3.05) is 7.11 Å². The monoisotopic (exact) mass is 323 g/mol. The second kappa shape index (κ2) is 6.02. The van der Waals surface area contributed by atoms with Crippen LogP contribution in [0.3, 0.4) is 0 Å². The lowest BCUT2D eigenvalue weighted by atomic mass is 10.2. The highest BCUT2D eigenvalue weighted by Gasteiger charge is 2.24. The summed E-state index contributed by atoms with van der Waals surface area (Å²) in [6, 6.07) is 9.95. The van der Waals surface area contributed by atoms with Crippen molar-refractivity contribution < 1.29 is 23.2 Å². The number of nitro groups is 1. The number of benzene rings is 2. The molecule has 0 saturated carbocycles. The summed E-state index contributed by atoms with van der Waals surface area (Å²) in [4.78, 5) is 10.2. The first-order valence-corrected chi connectivity index (χ1v) is 7.82. The fraction of sp³-hybridized carbons (Fsp3) is 0.143. The number of phenols is 1. The summed E-state index contributed by atoms with van der Waals surface area (Å²) in [6.45, 7) is 0. The van der Waals surface area contributed by atoms with E-state index in [-0.39, 0.29) is 16.2 Å². The molecule has 2 aromatic carbocycles.